The molecule has 2 heterocycles. The Morgan fingerprint density at radius 3 is 2.89 bits per heavy atom. The molecule has 7 heteroatoms. The molecule has 1 saturated heterocycles. The Morgan fingerprint density at radius 1 is 1.33 bits per heavy atom. The van der Waals surface area contributed by atoms with Crippen molar-refractivity contribution in [2.45, 2.75) is 58.2 Å². The Bertz CT molecular complexity index is 653. The van der Waals surface area contributed by atoms with Gasteiger partial charge < -0.3 is 24.4 Å². The van der Waals surface area contributed by atoms with Crippen molar-refractivity contribution in [3.63, 3.8) is 0 Å². The predicted octanol–water partition coefficient (Wildman–Crippen LogP) is 3.35. The highest BCUT2D eigenvalue weighted by Gasteiger charge is 2.29. The number of fused-ring (bicyclic) bond motifs is 1. The summed E-state index contributed by atoms with van der Waals surface area (Å²) in [6, 6.07) is 4.05. The highest BCUT2D eigenvalue weighted by atomic mass is 35.5. The van der Waals surface area contributed by atoms with Crippen LogP contribution in [0.1, 0.15) is 45.1 Å². The molecular formula is C20H29ClN2O4. The van der Waals surface area contributed by atoms with Gasteiger partial charge in [-0.2, -0.15) is 0 Å². The molecule has 1 fully saturated rings. The molecule has 1 amide bonds. The first-order chi connectivity index (χ1) is 13.0. The lowest BCUT2D eigenvalue weighted by Gasteiger charge is -2.25. The van der Waals surface area contributed by atoms with E-state index in [9.17, 15) is 4.79 Å². The molecule has 27 heavy (non-hydrogen) atoms. The number of nitrogens with one attached hydrogen (secondary N) is 1. The van der Waals surface area contributed by atoms with Gasteiger partial charge in [0.2, 0.25) is 12.7 Å². The van der Waals surface area contributed by atoms with Gasteiger partial charge in [0, 0.05) is 43.2 Å². The standard InChI is InChI=1S/C20H29ClN2O4/c1-14(2)25-9-3-8-23-16(4-5-20(23)24)6-7-22-12-15-10-18-19(11-17(15)21)27-13-26-18/h10-11,14,16,22H,3-9,12-13H2,1-2H3/t16-/m1/s1. The molecule has 150 valence electrons. The summed E-state index contributed by atoms with van der Waals surface area (Å²) in [4.78, 5) is 14.2. The van der Waals surface area contributed by atoms with Crippen LogP contribution in [-0.4, -0.2) is 49.4 Å². The second kappa shape index (κ2) is 9.62. The van der Waals surface area contributed by atoms with Crippen LogP contribution in [0.5, 0.6) is 11.5 Å². The van der Waals surface area contributed by atoms with Crippen molar-refractivity contribution in [3.05, 3.63) is 22.7 Å². The lowest BCUT2D eigenvalue weighted by molar-refractivity contribution is -0.129. The van der Waals surface area contributed by atoms with Gasteiger partial charge in [-0.3, -0.25) is 4.79 Å². The van der Waals surface area contributed by atoms with E-state index in [0.717, 1.165) is 43.7 Å². The highest BCUT2D eigenvalue weighted by molar-refractivity contribution is 6.31. The van der Waals surface area contributed by atoms with E-state index in [1.54, 1.807) is 6.07 Å². The Hall–Kier alpha value is -1.50. The first-order valence-corrected chi connectivity index (χ1v) is 10.1. The summed E-state index contributed by atoms with van der Waals surface area (Å²) in [6.45, 7) is 7.29. The topological polar surface area (TPSA) is 60.0 Å². The average Bonchev–Trinajstić information content (AvgIpc) is 3.22. The molecule has 3 rings (SSSR count). The van der Waals surface area contributed by atoms with Crippen molar-refractivity contribution in [3.8, 4) is 11.5 Å². The van der Waals surface area contributed by atoms with Gasteiger partial charge in [0.1, 0.15) is 0 Å². The minimum atomic E-state index is 0.238. The molecule has 0 aliphatic carbocycles. The fourth-order valence-electron chi connectivity index (χ4n) is 3.54. The van der Waals surface area contributed by atoms with Gasteiger partial charge in [-0.05, 0) is 51.3 Å². The normalized spacial score (nSPS) is 18.7. The molecule has 2 aliphatic rings. The Morgan fingerprint density at radius 2 is 2.11 bits per heavy atom. The highest BCUT2D eigenvalue weighted by Crippen LogP contribution is 2.36. The summed E-state index contributed by atoms with van der Waals surface area (Å²) in [5.41, 5.74) is 0.992. The van der Waals surface area contributed by atoms with Crippen molar-refractivity contribution >= 4 is 17.5 Å². The van der Waals surface area contributed by atoms with Gasteiger partial charge in [-0.15, -0.1) is 0 Å². The minimum Gasteiger partial charge on any atom is -0.454 e. The lowest BCUT2D eigenvalue weighted by Crippen LogP contribution is -2.36. The molecule has 6 nitrogen and oxygen atoms in total. The molecule has 0 radical (unpaired) electrons. The Kier molecular flexibility index (Phi) is 7.21. The van der Waals surface area contributed by atoms with Gasteiger partial charge in [0.05, 0.1) is 6.10 Å². The molecule has 1 atom stereocenters. The van der Waals surface area contributed by atoms with E-state index in [-0.39, 0.29) is 18.8 Å². The van der Waals surface area contributed by atoms with Crippen molar-refractivity contribution in [1.29, 1.82) is 0 Å². The number of likely N-dealkylation sites (tertiary alicyclic amines) is 1. The monoisotopic (exact) mass is 396 g/mol. The molecule has 0 bridgehead atoms. The predicted molar refractivity (Wildman–Crippen MR) is 104 cm³/mol. The molecule has 0 spiro atoms. The number of carbonyl (C=O) groups excluding carboxylic acids is 1. The van der Waals surface area contributed by atoms with Crippen molar-refractivity contribution in [1.82, 2.24) is 10.2 Å². The van der Waals surface area contributed by atoms with Gasteiger partial charge in [0.25, 0.3) is 0 Å². The number of amides is 1. The Balaban J connectivity index is 1.41. The number of ether oxygens (including phenoxy) is 3. The van der Waals surface area contributed by atoms with Gasteiger partial charge in [0.15, 0.2) is 11.5 Å². The van der Waals surface area contributed by atoms with Crippen LogP contribution in [0.4, 0.5) is 0 Å². The average molecular weight is 397 g/mol. The summed E-state index contributed by atoms with van der Waals surface area (Å²) in [7, 11) is 0. The van der Waals surface area contributed by atoms with E-state index >= 15 is 0 Å². The van der Waals surface area contributed by atoms with Gasteiger partial charge >= 0.3 is 0 Å². The maximum atomic E-state index is 12.1. The van der Waals surface area contributed by atoms with Crippen LogP contribution in [-0.2, 0) is 16.1 Å². The number of rotatable bonds is 10. The summed E-state index contributed by atoms with van der Waals surface area (Å²) in [6.07, 6.45) is 3.67. The summed E-state index contributed by atoms with van der Waals surface area (Å²) in [5.74, 6) is 1.71. The van der Waals surface area contributed by atoms with Crippen LogP contribution in [0, 0.1) is 0 Å². The number of nitrogens with zero attached hydrogens (tertiary/aromatic N) is 1. The summed E-state index contributed by atoms with van der Waals surface area (Å²) >= 11 is 6.31. The van der Waals surface area contributed by atoms with E-state index in [1.807, 2.05) is 24.8 Å². The summed E-state index contributed by atoms with van der Waals surface area (Å²) in [5, 5.41) is 4.11. The first-order valence-electron chi connectivity index (χ1n) is 9.74. The molecule has 0 aromatic heterocycles. The van der Waals surface area contributed by atoms with E-state index in [2.05, 4.69) is 5.32 Å². The second-order valence-corrected chi connectivity index (χ2v) is 7.72. The van der Waals surface area contributed by atoms with Crippen LogP contribution in [0.25, 0.3) is 0 Å². The zero-order valence-electron chi connectivity index (χ0n) is 16.1. The van der Waals surface area contributed by atoms with E-state index < -0.39 is 0 Å². The quantitative estimate of drug-likeness (QED) is 0.614. The lowest BCUT2D eigenvalue weighted by atomic mass is 10.1. The maximum Gasteiger partial charge on any atom is 0.231 e. The Labute approximate surface area is 166 Å². The molecule has 1 N–H and O–H groups in total. The zero-order valence-corrected chi connectivity index (χ0v) is 16.9. The van der Waals surface area contributed by atoms with E-state index in [4.69, 9.17) is 25.8 Å². The molecule has 1 aromatic carbocycles. The van der Waals surface area contributed by atoms with Crippen molar-refractivity contribution in [2.24, 2.45) is 0 Å². The third-order valence-electron chi connectivity index (χ3n) is 4.96. The maximum absolute atomic E-state index is 12.1. The van der Waals surface area contributed by atoms with Crippen LogP contribution < -0.4 is 14.8 Å². The van der Waals surface area contributed by atoms with E-state index in [1.165, 1.54) is 0 Å². The van der Waals surface area contributed by atoms with Gasteiger partial charge in [-0.1, -0.05) is 11.6 Å². The third-order valence-corrected chi connectivity index (χ3v) is 5.31. The number of benzene rings is 1. The van der Waals surface area contributed by atoms with Crippen LogP contribution in [0.15, 0.2) is 12.1 Å². The molecular weight excluding hydrogens is 368 g/mol. The molecule has 0 unspecified atom stereocenters. The number of carbonyl (C=O) groups is 1. The largest absolute Gasteiger partial charge is 0.454 e. The van der Waals surface area contributed by atoms with E-state index in [0.29, 0.717) is 36.4 Å². The minimum absolute atomic E-state index is 0.238. The smallest absolute Gasteiger partial charge is 0.231 e. The van der Waals surface area contributed by atoms with Gasteiger partial charge in [-0.25, -0.2) is 0 Å². The fourth-order valence-corrected chi connectivity index (χ4v) is 3.76. The molecule has 2 aliphatic heterocycles. The SMILES string of the molecule is CC(C)OCCCN1C(=O)CC[C@@H]1CCNCc1cc2c(cc1Cl)OCO2. The first kappa shape index (κ1) is 20.2. The number of hydrogen-bond acceptors (Lipinski definition) is 5. The second-order valence-electron chi connectivity index (χ2n) is 7.32. The van der Waals surface area contributed by atoms with Crippen molar-refractivity contribution < 1.29 is 19.0 Å². The molecule has 1 aromatic rings. The number of halogens is 1. The fraction of sp³-hybridized carbons (Fsp3) is 0.650. The summed E-state index contributed by atoms with van der Waals surface area (Å²) < 4.78 is 16.3. The number of hydrogen-bond donors (Lipinski definition) is 1. The van der Waals surface area contributed by atoms with Crippen LogP contribution in [0.3, 0.4) is 0 Å². The third kappa shape index (κ3) is 5.50. The van der Waals surface area contributed by atoms with Crippen LogP contribution in [0.2, 0.25) is 5.02 Å². The van der Waals surface area contributed by atoms with Crippen molar-refractivity contribution in [2.75, 3.05) is 26.5 Å². The molecule has 0 saturated carbocycles. The zero-order chi connectivity index (χ0) is 19.2. The van der Waals surface area contributed by atoms with Crippen LogP contribution >= 0.6 is 11.6 Å².